The summed E-state index contributed by atoms with van der Waals surface area (Å²) in [6, 6.07) is 4.87. The third-order valence-electron chi connectivity index (χ3n) is 5.31. The van der Waals surface area contributed by atoms with Crippen molar-refractivity contribution in [1.82, 2.24) is 20.6 Å². The van der Waals surface area contributed by atoms with Gasteiger partial charge in [-0.05, 0) is 49.9 Å². The molecule has 1 aliphatic heterocycles. The molecule has 0 amide bonds. The van der Waals surface area contributed by atoms with E-state index < -0.39 is 0 Å². The van der Waals surface area contributed by atoms with E-state index in [9.17, 15) is 4.39 Å². The summed E-state index contributed by atoms with van der Waals surface area (Å²) in [6.45, 7) is 6.59. The van der Waals surface area contributed by atoms with Crippen molar-refractivity contribution in [3.05, 3.63) is 46.9 Å². The van der Waals surface area contributed by atoms with Crippen molar-refractivity contribution in [3.63, 3.8) is 0 Å². The van der Waals surface area contributed by atoms with Crippen molar-refractivity contribution in [2.24, 2.45) is 4.99 Å². The number of nitrogens with zero attached hydrogens (tertiary/aromatic N) is 3. The third-order valence-corrected chi connectivity index (χ3v) is 6.26. The fraction of sp³-hybridized carbons (Fsp3) is 0.455. The molecule has 0 spiro atoms. The fourth-order valence-electron chi connectivity index (χ4n) is 3.77. The van der Waals surface area contributed by atoms with Crippen LogP contribution in [0.4, 0.5) is 9.52 Å². The number of benzene rings is 1. The number of hydrogen-bond donors (Lipinski definition) is 3. The number of halogens is 2. The smallest absolute Gasteiger partial charge is 0.191 e. The lowest BCUT2D eigenvalue weighted by Gasteiger charge is -2.12. The van der Waals surface area contributed by atoms with Gasteiger partial charge in [-0.3, -0.25) is 4.99 Å². The lowest BCUT2D eigenvalue weighted by atomic mass is 10.1. The zero-order chi connectivity index (χ0) is 20.8. The molecule has 2 aromatic heterocycles. The number of aromatic nitrogens is 2. The highest BCUT2D eigenvalue weighted by molar-refractivity contribution is 14.0. The van der Waals surface area contributed by atoms with Crippen LogP contribution in [0, 0.1) is 5.82 Å². The number of guanidine groups is 1. The van der Waals surface area contributed by atoms with Crippen molar-refractivity contribution < 1.29 is 4.39 Å². The van der Waals surface area contributed by atoms with Crippen LogP contribution < -0.4 is 15.5 Å². The van der Waals surface area contributed by atoms with E-state index in [0.29, 0.717) is 6.54 Å². The molecule has 0 saturated carbocycles. The second-order valence-electron chi connectivity index (χ2n) is 7.51. The molecule has 1 fully saturated rings. The largest absolute Gasteiger partial charge is 0.361 e. The average Bonchev–Trinajstić information content (AvgIpc) is 3.49. The zero-order valence-electron chi connectivity index (χ0n) is 17.8. The van der Waals surface area contributed by atoms with E-state index in [-0.39, 0.29) is 29.8 Å². The number of rotatable bonds is 8. The van der Waals surface area contributed by atoms with Gasteiger partial charge in [0.2, 0.25) is 0 Å². The van der Waals surface area contributed by atoms with Crippen molar-refractivity contribution in [2.75, 3.05) is 37.6 Å². The van der Waals surface area contributed by atoms with Gasteiger partial charge in [0.1, 0.15) is 5.82 Å². The summed E-state index contributed by atoms with van der Waals surface area (Å²) < 4.78 is 13.3. The van der Waals surface area contributed by atoms with Crippen molar-refractivity contribution in [1.29, 1.82) is 0 Å². The Labute approximate surface area is 203 Å². The van der Waals surface area contributed by atoms with Crippen LogP contribution in [0.3, 0.4) is 0 Å². The van der Waals surface area contributed by atoms with Crippen LogP contribution in [0.25, 0.3) is 10.9 Å². The molecule has 0 atom stereocenters. The van der Waals surface area contributed by atoms with E-state index in [1.54, 1.807) is 11.3 Å². The van der Waals surface area contributed by atoms with Crippen LogP contribution in [0.2, 0.25) is 0 Å². The highest BCUT2D eigenvalue weighted by Crippen LogP contribution is 2.24. The van der Waals surface area contributed by atoms with Crippen LogP contribution in [0.5, 0.6) is 0 Å². The number of hydrogen-bond acceptors (Lipinski definition) is 4. The number of fused-ring (bicyclic) bond motifs is 1. The number of nitrogens with one attached hydrogen (secondary N) is 3. The van der Waals surface area contributed by atoms with Gasteiger partial charge in [-0.1, -0.05) is 0 Å². The van der Waals surface area contributed by atoms with E-state index in [1.165, 1.54) is 30.5 Å². The van der Waals surface area contributed by atoms with Crippen LogP contribution in [-0.2, 0) is 12.8 Å². The van der Waals surface area contributed by atoms with Crippen LogP contribution >= 0.6 is 35.3 Å². The molecule has 31 heavy (non-hydrogen) atoms. The quantitative estimate of drug-likeness (QED) is 0.220. The molecule has 0 aliphatic carbocycles. The minimum Gasteiger partial charge on any atom is -0.361 e. The molecule has 9 heteroatoms. The molecule has 168 valence electrons. The molecule has 1 aromatic carbocycles. The Hall–Kier alpha value is -1.88. The Morgan fingerprint density at radius 3 is 2.90 bits per heavy atom. The van der Waals surface area contributed by atoms with Gasteiger partial charge in [0.15, 0.2) is 11.1 Å². The molecular formula is C22H30FIN6S. The molecule has 3 heterocycles. The Morgan fingerprint density at radius 2 is 2.10 bits per heavy atom. The number of aliphatic imine (C=N–C) groups is 1. The number of thiazole rings is 1. The van der Waals surface area contributed by atoms with Gasteiger partial charge in [-0.2, -0.15) is 0 Å². The maximum atomic E-state index is 13.3. The molecule has 3 aromatic rings. The van der Waals surface area contributed by atoms with Crippen LogP contribution in [0.15, 0.2) is 34.8 Å². The predicted molar refractivity (Wildman–Crippen MR) is 139 cm³/mol. The standard InChI is InChI=1S/C22H29FN6S.HI/c1-2-24-21(25-9-7-16-14-27-20-13-17(23)5-6-19(16)20)26-10-8-18-15-30-22(28-18)29-11-3-4-12-29;/h5-6,13-15,27H,2-4,7-12H2,1H3,(H2,24,25,26);1H. The third kappa shape index (κ3) is 6.31. The molecule has 6 nitrogen and oxygen atoms in total. The Kier molecular flexibility index (Phi) is 8.94. The summed E-state index contributed by atoms with van der Waals surface area (Å²) in [5, 5.41) is 11.1. The number of aromatic amines is 1. The van der Waals surface area contributed by atoms with Gasteiger partial charge < -0.3 is 20.5 Å². The van der Waals surface area contributed by atoms with Gasteiger partial charge in [0, 0.05) is 61.6 Å². The summed E-state index contributed by atoms with van der Waals surface area (Å²) in [6.07, 6.45) is 6.17. The molecule has 4 rings (SSSR count). The predicted octanol–water partition coefficient (Wildman–Crippen LogP) is 4.32. The SMILES string of the molecule is CCNC(=NCCc1csc(N2CCCC2)n1)NCCc1c[nH]c2cc(F)ccc12.I. The summed E-state index contributed by atoms with van der Waals surface area (Å²) in [7, 11) is 0. The first-order chi connectivity index (χ1) is 14.7. The summed E-state index contributed by atoms with van der Waals surface area (Å²) >= 11 is 1.74. The van der Waals surface area contributed by atoms with Gasteiger partial charge >= 0.3 is 0 Å². The maximum Gasteiger partial charge on any atom is 0.191 e. The molecular weight excluding hydrogens is 526 g/mol. The van der Waals surface area contributed by atoms with E-state index in [0.717, 1.165) is 66.7 Å². The lowest BCUT2D eigenvalue weighted by Crippen LogP contribution is -2.38. The highest BCUT2D eigenvalue weighted by Gasteiger charge is 2.15. The summed E-state index contributed by atoms with van der Waals surface area (Å²) in [4.78, 5) is 15.0. The van der Waals surface area contributed by atoms with Gasteiger partial charge in [0.25, 0.3) is 0 Å². The minimum atomic E-state index is -0.219. The van der Waals surface area contributed by atoms with Crippen LogP contribution in [0.1, 0.15) is 31.0 Å². The first-order valence-corrected chi connectivity index (χ1v) is 11.6. The Morgan fingerprint density at radius 1 is 1.26 bits per heavy atom. The van der Waals surface area contributed by atoms with Crippen LogP contribution in [-0.4, -0.2) is 48.7 Å². The monoisotopic (exact) mass is 556 g/mol. The topological polar surface area (TPSA) is 68.3 Å². The lowest BCUT2D eigenvalue weighted by molar-refractivity contribution is 0.629. The average molecular weight is 556 g/mol. The van der Waals surface area contributed by atoms with Crippen molar-refractivity contribution in [3.8, 4) is 0 Å². The minimum absolute atomic E-state index is 0. The maximum absolute atomic E-state index is 13.3. The summed E-state index contributed by atoms with van der Waals surface area (Å²) in [5.74, 6) is 0.599. The van der Waals surface area contributed by atoms with E-state index in [4.69, 9.17) is 9.98 Å². The number of H-pyrrole nitrogens is 1. The first-order valence-electron chi connectivity index (χ1n) is 10.7. The summed E-state index contributed by atoms with van der Waals surface area (Å²) in [5.41, 5.74) is 3.12. The normalized spacial score (nSPS) is 14.1. The molecule has 0 radical (unpaired) electrons. The van der Waals surface area contributed by atoms with Gasteiger partial charge in [-0.25, -0.2) is 9.37 Å². The Bertz CT molecular complexity index is 995. The number of anilines is 1. The van der Waals surface area contributed by atoms with Crippen molar-refractivity contribution >= 4 is 57.3 Å². The molecule has 3 N–H and O–H groups in total. The van der Waals surface area contributed by atoms with E-state index in [2.05, 4.69) is 32.8 Å². The second-order valence-corrected chi connectivity index (χ2v) is 8.34. The fourth-order valence-corrected chi connectivity index (χ4v) is 4.68. The van der Waals surface area contributed by atoms with E-state index in [1.807, 2.05) is 12.3 Å². The first kappa shape index (κ1) is 23.8. The van der Waals surface area contributed by atoms with Crippen molar-refractivity contribution in [2.45, 2.75) is 32.6 Å². The second kappa shape index (κ2) is 11.7. The molecule has 0 unspecified atom stereocenters. The molecule has 1 aliphatic rings. The Balaban J connectivity index is 0.00000272. The van der Waals surface area contributed by atoms with Gasteiger partial charge in [0.05, 0.1) is 5.69 Å². The highest BCUT2D eigenvalue weighted by atomic mass is 127. The van der Waals surface area contributed by atoms with E-state index >= 15 is 0 Å². The molecule has 1 saturated heterocycles. The molecule has 0 bridgehead atoms. The van der Waals surface area contributed by atoms with Gasteiger partial charge in [-0.15, -0.1) is 35.3 Å². The zero-order valence-corrected chi connectivity index (χ0v) is 20.9.